The molecule has 3 heterocycles. The Morgan fingerprint density at radius 1 is 0.408 bits per heavy atom. The summed E-state index contributed by atoms with van der Waals surface area (Å²) in [4.78, 5) is 2.48. The van der Waals surface area contributed by atoms with E-state index in [-0.39, 0.29) is 0 Å². The van der Waals surface area contributed by atoms with Gasteiger partial charge in [-0.2, -0.15) is 5.26 Å². The molecule has 1 aliphatic heterocycles. The summed E-state index contributed by atoms with van der Waals surface area (Å²) in [7, 11) is 0. The predicted molar refractivity (Wildman–Crippen MR) is 202 cm³/mol. The number of hydrogen-bond donors (Lipinski definition) is 0. The van der Waals surface area contributed by atoms with Crippen molar-refractivity contribution in [2.24, 2.45) is 0 Å². The topological polar surface area (TPSA) is 36.9 Å². The lowest BCUT2D eigenvalue weighted by Crippen LogP contribution is -2.20. The molecule has 0 bridgehead atoms. The molecule has 0 atom stereocenters. The summed E-state index contributed by atoms with van der Waals surface area (Å²) < 4.78 is 4.76. The zero-order chi connectivity index (χ0) is 32.5. The van der Waals surface area contributed by atoms with E-state index < -0.39 is 0 Å². The van der Waals surface area contributed by atoms with Crippen LogP contribution in [0.1, 0.15) is 16.7 Å². The Morgan fingerprint density at radius 2 is 0.878 bits per heavy atom. The van der Waals surface area contributed by atoms with Gasteiger partial charge in [0.15, 0.2) is 0 Å². The molecule has 0 saturated heterocycles. The van der Waals surface area contributed by atoms with Gasteiger partial charge in [-0.1, -0.05) is 84.9 Å². The summed E-state index contributed by atoms with van der Waals surface area (Å²) in [6.45, 7) is 1.61. The van der Waals surface area contributed by atoms with Crippen LogP contribution in [0, 0.1) is 11.3 Å². The Kier molecular flexibility index (Phi) is 6.03. The minimum Gasteiger partial charge on any atom is -0.363 e. The molecule has 0 N–H and O–H groups in total. The number of benzene rings is 7. The minimum absolute atomic E-state index is 0.671. The summed E-state index contributed by atoms with van der Waals surface area (Å²) >= 11 is 0. The average molecular weight is 627 g/mol. The Bertz CT molecular complexity index is 2740. The van der Waals surface area contributed by atoms with Crippen LogP contribution >= 0.6 is 0 Å². The molecule has 0 spiro atoms. The molecule has 4 heteroatoms. The van der Waals surface area contributed by atoms with Crippen molar-refractivity contribution >= 4 is 49.3 Å². The molecule has 230 valence electrons. The first-order valence-electron chi connectivity index (χ1n) is 16.7. The van der Waals surface area contributed by atoms with E-state index >= 15 is 0 Å². The van der Waals surface area contributed by atoms with Gasteiger partial charge in [0.25, 0.3) is 0 Å². The highest BCUT2D eigenvalue weighted by Gasteiger charge is 2.23. The molecular formula is C45H30N4. The van der Waals surface area contributed by atoms with E-state index in [1.807, 2.05) is 12.1 Å². The molecule has 0 aliphatic carbocycles. The first kappa shape index (κ1) is 27.5. The van der Waals surface area contributed by atoms with Crippen LogP contribution in [0.3, 0.4) is 0 Å². The summed E-state index contributed by atoms with van der Waals surface area (Å²) in [5.41, 5.74) is 13.9. The number of para-hydroxylation sites is 4. The van der Waals surface area contributed by atoms with Gasteiger partial charge < -0.3 is 14.0 Å². The maximum absolute atomic E-state index is 9.69. The second-order valence-electron chi connectivity index (χ2n) is 12.9. The molecule has 1 aliphatic rings. The van der Waals surface area contributed by atoms with E-state index in [4.69, 9.17) is 0 Å². The summed E-state index contributed by atoms with van der Waals surface area (Å²) in [6, 6.07) is 59.0. The van der Waals surface area contributed by atoms with Gasteiger partial charge in [-0.3, -0.25) is 0 Å². The molecule has 2 aromatic heterocycles. The van der Waals surface area contributed by atoms with Gasteiger partial charge in [-0.25, -0.2) is 0 Å². The lowest BCUT2D eigenvalue weighted by atomic mass is 9.95. The zero-order valence-electron chi connectivity index (χ0n) is 26.7. The summed E-state index contributed by atoms with van der Waals surface area (Å²) in [5.74, 6) is 0. The molecule has 0 radical (unpaired) electrons. The van der Waals surface area contributed by atoms with Crippen molar-refractivity contribution in [2.75, 3.05) is 4.90 Å². The first-order chi connectivity index (χ1) is 24.2. The molecule has 49 heavy (non-hydrogen) atoms. The fourth-order valence-corrected chi connectivity index (χ4v) is 7.99. The fourth-order valence-electron chi connectivity index (χ4n) is 7.99. The molecule has 9 aromatic rings. The molecule has 0 saturated carbocycles. The lowest BCUT2D eigenvalue weighted by molar-refractivity contribution is 0.812. The third-order valence-corrected chi connectivity index (χ3v) is 10.2. The van der Waals surface area contributed by atoms with Gasteiger partial charge in [0.05, 0.1) is 33.7 Å². The van der Waals surface area contributed by atoms with Crippen LogP contribution in [-0.2, 0) is 13.1 Å². The highest BCUT2D eigenvalue weighted by atomic mass is 15.1. The Hall–Kier alpha value is -6.57. The molecule has 0 amide bonds. The largest absolute Gasteiger partial charge is 0.363 e. The van der Waals surface area contributed by atoms with Crippen LogP contribution in [-0.4, -0.2) is 9.13 Å². The number of hydrogen-bond acceptors (Lipinski definition) is 2. The second kappa shape index (κ2) is 10.7. The van der Waals surface area contributed by atoms with E-state index in [9.17, 15) is 5.26 Å². The number of aromatic nitrogens is 2. The molecular weight excluding hydrogens is 597 g/mol. The van der Waals surface area contributed by atoms with Crippen LogP contribution in [0.2, 0.25) is 0 Å². The van der Waals surface area contributed by atoms with Gasteiger partial charge in [0.2, 0.25) is 0 Å². The Labute approximate surface area is 283 Å². The van der Waals surface area contributed by atoms with E-state index in [0.29, 0.717) is 5.56 Å². The number of anilines is 1. The van der Waals surface area contributed by atoms with Crippen molar-refractivity contribution in [2.45, 2.75) is 13.1 Å². The SMILES string of the molecule is N#Cc1ccc2c(c1)c1ccccc1n2-c1ccc2c(c1)-c1cc(-n3c4ccccc4c4ccccc43)ccc1CN(c1ccccc1)C2. The van der Waals surface area contributed by atoms with Crippen molar-refractivity contribution in [3.8, 4) is 28.6 Å². The van der Waals surface area contributed by atoms with Gasteiger partial charge in [0.1, 0.15) is 0 Å². The third kappa shape index (κ3) is 4.23. The number of nitriles is 1. The summed E-state index contributed by atoms with van der Waals surface area (Å²) in [5, 5.41) is 14.5. The average Bonchev–Trinajstić information content (AvgIpc) is 3.62. The van der Waals surface area contributed by atoms with Crippen molar-refractivity contribution in [3.63, 3.8) is 0 Å². The van der Waals surface area contributed by atoms with Crippen LogP contribution in [0.25, 0.3) is 66.1 Å². The third-order valence-electron chi connectivity index (χ3n) is 10.2. The molecule has 0 fully saturated rings. The van der Waals surface area contributed by atoms with Crippen molar-refractivity contribution < 1.29 is 0 Å². The monoisotopic (exact) mass is 626 g/mol. The van der Waals surface area contributed by atoms with Crippen molar-refractivity contribution in [1.29, 1.82) is 5.26 Å². The van der Waals surface area contributed by atoms with E-state index in [1.165, 1.54) is 49.7 Å². The predicted octanol–water partition coefficient (Wildman–Crippen LogP) is 10.9. The van der Waals surface area contributed by atoms with Gasteiger partial charge >= 0.3 is 0 Å². The number of nitrogens with zero attached hydrogens (tertiary/aromatic N) is 4. The highest BCUT2D eigenvalue weighted by molar-refractivity contribution is 6.10. The minimum atomic E-state index is 0.671. The molecule has 4 nitrogen and oxygen atoms in total. The van der Waals surface area contributed by atoms with Crippen LogP contribution in [0.4, 0.5) is 5.69 Å². The quantitative estimate of drug-likeness (QED) is 0.196. The maximum Gasteiger partial charge on any atom is 0.0991 e. The second-order valence-corrected chi connectivity index (χ2v) is 12.9. The highest BCUT2D eigenvalue weighted by Crippen LogP contribution is 2.41. The molecule has 10 rings (SSSR count). The standard InChI is InChI=1S/C45H30N4/c46-27-30-18-23-45-41(24-30)38-14-6-9-17-44(38)49(45)35-22-20-32-29-47(33-10-2-1-3-11-33)28-31-19-21-34(25-39(31)40(32)26-35)48-42-15-7-4-12-36(42)37-13-5-8-16-43(37)48/h1-26H,28-29H2. The fraction of sp³-hybridized carbons (Fsp3) is 0.0444. The Balaban J connectivity index is 1.23. The lowest BCUT2D eigenvalue weighted by Gasteiger charge is -2.24. The molecule has 0 unspecified atom stereocenters. The van der Waals surface area contributed by atoms with Gasteiger partial charge in [-0.15, -0.1) is 0 Å². The van der Waals surface area contributed by atoms with Crippen molar-refractivity contribution in [1.82, 2.24) is 9.13 Å². The summed E-state index contributed by atoms with van der Waals surface area (Å²) in [6.07, 6.45) is 0. The zero-order valence-corrected chi connectivity index (χ0v) is 26.7. The molecule has 7 aromatic carbocycles. The van der Waals surface area contributed by atoms with E-state index in [0.717, 1.165) is 46.3 Å². The van der Waals surface area contributed by atoms with E-state index in [1.54, 1.807) is 0 Å². The van der Waals surface area contributed by atoms with Gasteiger partial charge in [-0.05, 0) is 95.1 Å². The van der Waals surface area contributed by atoms with Gasteiger partial charge in [0, 0.05) is 51.7 Å². The smallest absolute Gasteiger partial charge is 0.0991 e. The van der Waals surface area contributed by atoms with Crippen LogP contribution in [0.5, 0.6) is 0 Å². The number of rotatable bonds is 3. The normalized spacial score (nSPS) is 12.7. The maximum atomic E-state index is 9.69. The Morgan fingerprint density at radius 3 is 1.41 bits per heavy atom. The van der Waals surface area contributed by atoms with E-state index in [2.05, 4.69) is 166 Å². The van der Waals surface area contributed by atoms with Crippen molar-refractivity contribution in [3.05, 3.63) is 174 Å². The number of fused-ring (bicyclic) bond motifs is 9. The van der Waals surface area contributed by atoms with Crippen LogP contribution in [0.15, 0.2) is 158 Å². The van der Waals surface area contributed by atoms with Crippen LogP contribution < -0.4 is 4.90 Å². The first-order valence-corrected chi connectivity index (χ1v) is 16.7.